The topological polar surface area (TPSA) is 211 Å². The van der Waals surface area contributed by atoms with Gasteiger partial charge in [-0.3, -0.25) is 4.79 Å². The Labute approximate surface area is 361 Å². The lowest BCUT2D eigenvalue weighted by Gasteiger charge is -2.53. The van der Waals surface area contributed by atoms with E-state index >= 15 is 0 Å². The van der Waals surface area contributed by atoms with Crippen LogP contribution in [-0.2, 0) is 52.2 Å². The monoisotopic (exact) mass is 873 g/mol. The van der Waals surface area contributed by atoms with Gasteiger partial charge in [0.1, 0.15) is 12.2 Å². The lowest BCUT2D eigenvalue weighted by Crippen LogP contribution is -2.65. The first-order chi connectivity index (χ1) is 28.5. The molecule has 7 fully saturated rings. The second kappa shape index (κ2) is 17.6. The third-order valence-corrected chi connectivity index (χ3v) is 16.2. The van der Waals surface area contributed by atoms with Gasteiger partial charge in [-0.05, 0) is 65.7 Å². The normalized spacial score (nSPS) is 54.9. The molecule has 16 nitrogen and oxygen atoms in total. The highest BCUT2D eigenvalue weighted by molar-refractivity contribution is 5.68. The number of carbonyl (C=O) groups is 1. The van der Waals surface area contributed by atoms with Crippen molar-refractivity contribution in [1.29, 1.82) is 0 Å². The molecular weight excluding hydrogens is 796 g/mol. The molecule has 1 spiro atoms. The van der Waals surface area contributed by atoms with E-state index in [2.05, 4.69) is 13.8 Å². The molecule has 0 aromatic carbocycles. The predicted octanol–water partition coefficient (Wildman–Crippen LogP) is 4.04. The van der Waals surface area contributed by atoms with Crippen LogP contribution in [0.15, 0.2) is 0 Å². The Kier molecular flexibility index (Phi) is 13.8. The summed E-state index contributed by atoms with van der Waals surface area (Å²) in [4.78, 5) is 11.8. The molecule has 0 bridgehead atoms. The van der Waals surface area contributed by atoms with E-state index in [9.17, 15) is 30.3 Å². The zero-order valence-corrected chi connectivity index (χ0v) is 38.2. The first kappa shape index (κ1) is 47.9. The van der Waals surface area contributed by atoms with Gasteiger partial charge in [-0.2, -0.15) is 0 Å². The Bertz CT molecular complexity index is 1530. The number of hydrogen-bond donors (Lipinski definition) is 5. The van der Waals surface area contributed by atoms with Crippen molar-refractivity contribution in [2.45, 2.75) is 235 Å². The van der Waals surface area contributed by atoms with E-state index in [1.54, 1.807) is 14.0 Å². The Morgan fingerprint density at radius 3 is 2.20 bits per heavy atom. The second-order valence-electron chi connectivity index (χ2n) is 20.7. The van der Waals surface area contributed by atoms with Crippen LogP contribution in [0.2, 0.25) is 0 Å². The zero-order valence-electron chi connectivity index (χ0n) is 38.2. The quantitative estimate of drug-likeness (QED) is 0.198. The lowest BCUT2D eigenvalue weighted by atomic mass is 9.75. The SMILES string of the molecule is CO[C@H]1CC[C@H](O[C@H]2C[C@H]([C@H]3O[C@](C)(O)[C@H](C)C[C@@H]3C)O[C@H]2[C@]2(C)CC[C@H]([C@]3(C)CC[C@]4(C[C@H](O)[C@@H](C)[C@@H]([C@@H](C)C5O[C@](O)(CC(=O)O)[C@@H](C)[C@H](O)[C@H]5OC)O4)O3)O2)O[C@@H]1C. The molecule has 61 heavy (non-hydrogen) atoms. The molecule has 352 valence electrons. The van der Waals surface area contributed by atoms with E-state index in [0.717, 1.165) is 12.8 Å². The van der Waals surface area contributed by atoms with Gasteiger partial charge in [0.25, 0.3) is 0 Å². The average molecular weight is 873 g/mol. The summed E-state index contributed by atoms with van der Waals surface area (Å²) in [6, 6.07) is 0. The summed E-state index contributed by atoms with van der Waals surface area (Å²) < 4.78 is 65.1. The smallest absolute Gasteiger partial charge is 0.308 e. The molecule has 0 amide bonds. The number of hydrogen-bond acceptors (Lipinski definition) is 15. The van der Waals surface area contributed by atoms with Gasteiger partial charge >= 0.3 is 5.97 Å². The lowest BCUT2D eigenvalue weighted by molar-refractivity contribution is -0.363. The van der Waals surface area contributed by atoms with Crippen LogP contribution in [0.3, 0.4) is 0 Å². The Morgan fingerprint density at radius 2 is 1.54 bits per heavy atom. The molecule has 0 saturated carbocycles. The zero-order chi connectivity index (χ0) is 44.6. The number of rotatable bonds is 11. The van der Waals surface area contributed by atoms with Crippen LogP contribution in [0.25, 0.3) is 0 Å². The summed E-state index contributed by atoms with van der Waals surface area (Å²) >= 11 is 0. The molecule has 7 rings (SSSR count). The van der Waals surface area contributed by atoms with E-state index in [-0.39, 0.29) is 54.9 Å². The van der Waals surface area contributed by atoms with Gasteiger partial charge in [0, 0.05) is 63.6 Å². The van der Waals surface area contributed by atoms with Crippen molar-refractivity contribution in [2.24, 2.45) is 29.6 Å². The summed E-state index contributed by atoms with van der Waals surface area (Å²) in [5, 5.41) is 55.1. The van der Waals surface area contributed by atoms with Crippen molar-refractivity contribution in [2.75, 3.05) is 14.2 Å². The van der Waals surface area contributed by atoms with Crippen molar-refractivity contribution in [3.63, 3.8) is 0 Å². The van der Waals surface area contributed by atoms with E-state index in [1.807, 2.05) is 34.6 Å². The number of carboxylic acid groups (broad SMARTS) is 1. The first-order valence-electron chi connectivity index (χ1n) is 22.9. The minimum atomic E-state index is -2.15. The van der Waals surface area contributed by atoms with E-state index < -0.39 is 102 Å². The highest BCUT2D eigenvalue weighted by Crippen LogP contribution is 2.54. The van der Waals surface area contributed by atoms with Crippen molar-refractivity contribution in [3.05, 3.63) is 0 Å². The standard InChI is InChI=1S/C45H76O16/c1-22-18-23(2)43(9,50)58-36(22)30-19-31(55-34-13-12-29(52-10)27(6)54-34)40(56-30)42(8)15-14-32(57-42)41(7)16-17-44(61-41)20-28(46)24(3)37(59-44)25(4)38-39(53-11)35(49)26(5)45(51,60-38)21-33(47)48/h22-32,34-40,46,49-51H,12-21H2,1-11H3,(H,47,48)/t22-,23+,24+,25+,26-,27+,28-,29-,30+,31-,32+,34-,35-,36-,37-,38?,39+,40+,41-,42-,43-,44+,45+/m0/s1. The summed E-state index contributed by atoms with van der Waals surface area (Å²) in [6.07, 6.45) is -2.26. The molecule has 0 radical (unpaired) electrons. The number of aliphatic carboxylic acids is 1. The van der Waals surface area contributed by atoms with Crippen LogP contribution in [0.4, 0.5) is 0 Å². The predicted molar refractivity (Wildman–Crippen MR) is 217 cm³/mol. The highest BCUT2D eigenvalue weighted by Gasteiger charge is 2.63. The van der Waals surface area contributed by atoms with Gasteiger partial charge in [0.2, 0.25) is 0 Å². The van der Waals surface area contributed by atoms with E-state index in [4.69, 9.17) is 47.4 Å². The highest BCUT2D eigenvalue weighted by atomic mass is 16.7. The van der Waals surface area contributed by atoms with Crippen molar-refractivity contribution >= 4 is 5.97 Å². The van der Waals surface area contributed by atoms with Crippen LogP contribution in [0.5, 0.6) is 0 Å². The Morgan fingerprint density at radius 1 is 0.820 bits per heavy atom. The van der Waals surface area contributed by atoms with Gasteiger partial charge in [0.15, 0.2) is 23.7 Å². The van der Waals surface area contributed by atoms with E-state index in [0.29, 0.717) is 38.5 Å². The molecule has 0 aromatic heterocycles. The van der Waals surface area contributed by atoms with Crippen LogP contribution in [0.1, 0.15) is 127 Å². The molecule has 0 aromatic rings. The molecule has 5 N–H and O–H groups in total. The van der Waals surface area contributed by atoms with Crippen molar-refractivity contribution < 1.29 is 77.7 Å². The third kappa shape index (κ3) is 9.09. The fourth-order valence-electron chi connectivity index (χ4n) is 12.0. The number of carboxylic acids is 1. The Balaban J connectivity index is 1.08. The third-order valence-electron chi connectivity index (χ3n) is 16.2. The fraction of sp³-hybridized carbons (Fsp3) is 0.978. The summed E-state index contributed by atoms with van der Waals surface area (Å²) in [6.45, 7) is 17.3. The minimum absolute atomic E-state index is 0.00446. The van der Waals surface area contributed by atoms with Crippen LogP contribution in [-0.4, -0.2) is 154 Å². The van der Waals surface area contributed by atoms with Gasteiger partial charge < -0.3 is 72.9 Å². The number of aliphatic hydroxyl groups excluding tert-OH is 2. The van der Waals surface area contributed by atoms with Gasteiger partial charge in [-0.25, -0.2) is 0 Å². The maximum absolute atomic E-state index is 11.8. The summed E-state index contributed by atoms with van der Waals surface area (Å²) in [5.41, 5.74) is -1.57. The number of methoxy groups -OCH3 is 2. The molecule has 7 heterocycles. The van der Waals surface area contributed by atoms with Crippen LogP contribution in [0, 0.1) is 29.6 Å². The van der Waals surface area contributed by atoms with E-state index in [1.165, 1.54) is 14.0 Å². The molecule has 7 aliphatic heterocycles. The maximum atomic E-state index is 11.8. The largest absolute Gasteiger partial charge is 0.481 e. The number of aliphatic hydroxyl groups is 4. The Hall–Kier alpha value is -1.09. The minimum Gasteiger partial charge on any atom is -0.481 e. The molecule has 7 aliphatic rings. The summed E-state index contributed by atoms with van der Waals surface area (Å²) in [7, 11) is 3.14. The van der Waals surface area contributed by atoms with Gasteiger partial charge in [0.05, 0.1) is 78.7 Å². The van der Waals surface area contributed by atoms with Crippen molar-refractivity contribution in [1.82, 2.24) is 0 Å². The van der Waals surface area contributed by atoms with Crippen LogP contribution < -0.4 is 0 Å². The first-order valence-corrected chi connectivity index (χ1v) is 22.9. The van der Waals surface area contributed by atoms with Crippen LogP contribution >= 0.6 is 0 Å². The molecule has 23 atom stereocenters. The average Bonchev–Trinajstić information content (AvgIpc) is 3.89. The number of ether oxygens (including phenoxy) is 10. The van der Waals surface area contributed by atoms with Gasteiger partial charge in [-0.1, -0.05) is 34.6 Å². The molecule has 0 aliphatic carbocycles. The molecular formula is C45H76O16. The molecule has 16 heteroatoms. The fourth-order valence-corrected chi connectivity index (χ4v) is 12.0. The molecule has 7 saturated heterocycles. The van der Waals surface area contributed by atoms with Gasteiger partial charge in [-0.15, -0.1) is 0 Å². The second-order valence-corrected chi connectivity index (χ2v) is 20.7. The molecule has 1 unspecified atom stereocenters. The summed E-state index contributed by atoms with van der Waals surface area (Å²) in [5.74, 6) is -7.65. The van der Waals surface area contributed by atoms with Crippen molar-refractivity contribution in [3.8, 4) is 0 Å². The maximum Gasteiger partial charge on any atom is 0.308 e.